The Labute approximate surface area is 83.2 Å². The first-order valence-corrected chi connectivity index (χ1v) is 4.48. The summed E-state index contributed by atoms with van der Waals surface area (Å²) in [6.07, 6.45) is -1.92. The van der Waals surface area contributed by atoms with E-state index in [-0.39, 0.29) is 6.54 Å². The molecule has 0 radical (unpaired) electrons. The van der Waals surface area contributed by atoms with E-state index in [2.05, 4.69) is 0 Å². The fraction of sp³-hybridized carbons (Fsp3) is 0.400. The van der Waals surface area contributed by atoms with Crippen LogP contribution in [0.5, 0.6) is 0 Å². The lowest BCUT2D eigenvalue weighted by Gasteiger charge is -2.17. The number of aryl methyl sites for hydroxylation is 1. The van der Waals surface area contributed by atoms with Gasteiger partial charge in [-0.25, -0.2) is 0 Å². The first-order chi connectivity index (χ1) is 6.56. The maximum Gasteiger partial charge on any atom is 0.106 e. The van der Waals surface area contributed by atoms with Gasteiger partial charge in [0, 0.05) is 12.2 Å². The van der Waals surface area contributed by atoms with E-state index in [1.807, 2.05) is 6.92 Å². The van der Waals surface area contributed by atoms with Gasteiger partial charge in [-0.2, -0.15) is 0 Å². The number of anilines is 1. The third-order valence-electron chi connectivity index (χ3n) is 2.25. The highest BCUT2D eigenvalue weighted by molar-refractivity contribution is 5.48. The molecule has 0 spiro atoms. The Hall–Kier alpha value is -1.10. The number of hydrogen-bond donors (Lipinski definition) is 4. The summed E-state index contributed by atoms with van der Waals surface area (Å²) >= 11 is 0. The largest absolute Gasteiger partial charge is 0.399 e. The van der Waals surface area contributed by atoms with Crippen LogP contribution in [-0.4, -0.2) is 22.9 Å². The zero-order valence-corrected chi connectivity index (χ0v) is 8.14. The van der Waals surface area contributed by atoms with Gasteiger partial charge in [-0.15, -0.1) is 0 Å². The van der Waals surface area contributed by atoms with E-state index in [0.717, 1.165) is 5.56 Å². The number of aliphatic hydroxyl groups is 2. The van der Waals surface area contributed by atoms with E-state index in [4.69, 9.17) is 11.5 Å². The second-order valence-electron chi connectivity index (χ2n) is 3.36. The molecule has 6 N–H and O–H groups in total. The first-order valence-electron chi connectivity index (χ1n) is 4.48. The van der Waals surface area contributed by atoms with Gasteiger partial charge < -0.3 is 21.7 Å². The second kappa shape index (κ2) is 4.41. The lowest BCUT2D eigenvalue weighted by atomic mass is 10.0. The molecule has 0 aromatic heterocycles. The molecule has 14 heavy (non-hydrogen) atoms. The molecule has 0 bridgehead atoms. The van der Waals surface area contributed by atoms with E-state index < -0.39 is 12.2 Å². The molecule has 0 amide bonds. The van der Waals surface area contributed by atoms with E-state index in [1.165, 1.54) is 0 Å². The summed E-state index contributed by atoms with van der Waals surface area (Å²) in [7, 11) is 0. The summed E-state index contributed by atoms with van der Waals surface area (Å²) in [5, 5.41) is 18.9. The zero-order chi connectivity index (χ0) is 10.7. The van der Waals surface area contributed by atoms with E-state index in [9.17, 15) is 10.2 Å². The number of rotatable bonds is 3. The van der Waals surface area contributed by atoms with Crippen LogP contribution in [0.25, 0.3) is 0 Å². The quantitative estimate of drug-likeness (QED) is 0.509. The van der Waals surface area contributed by atoms with Crippen LogP contribution < -0.4 is 11.5 Å². The SMILES string of the molecule is Cc1ccc(C(O)C(O)CN)cc1N. The van der Waals surface area contributed by atoms with E-state index in [0.29, 0.717) is 11.3 Å². The van der Waals surface area contributed by atoms with Gasteiger partial charge in [0.1, 0.15) is 6.10 Å². The standard InChI is InChI=1S/C10H16N2O2/c1-6-2-3-7(4-8(6)12)10(14)9(13)5-11/h2-4,9-10,13-14H,5,11-12H2,1H3. The molecule has 1 aromatic carbocycles. The molecule has 78 valence electrons. The van der Waals surface area contributed by atoms with Gasteiger partial charge in [0.2, 0.25) is 0 Å². The van der Waals surface area contributed by atoms with Crippen LogP contribution in [0.3, 0.4) is 0 Å². The summed E-state index contributed by atoms with van der Waals surface area (Å²) in [5.41, 5.74) is 13.1. The Morgan fingerprint density at radius 3 is 2.50 bits per heavy atom. The lowest BCUT2D eigenvalue weighted by molar-refractivity contribution is 0.0244. The van der Waals surface area contributed by atoms with Crippen LogP contribution in [0, 0.1) is 6.92 Å². The van der Waals surface area contributed by atoms with Crippen LogP contribution in [0.15, 0.2) is 18.2 Å². The minimum atomic E-state index is -0.970. The molecule has 0 aliphatic rings. The van der Waals surface area contributed by atoms with Gasteiger partial charge in [-0.3, -0.25) is 0 Å². The molecule has 0 aliphatic carbocycles. The average molecular weight is 196 g/mol. The molecule has 2 unspecified atom stereocenters. The molecule has 4 heteroatoms. The predicted octanol–water partition coefficient (Wildman–Crippen LogP) is -0.0698. The van der Waals surface area contributed by atoms with Crippen molar-refractivity contribution in [3.63, 3.8) is 0 Å². The monoisotopic (exact) mass is 196 g/mol. The molecule has 1 rings (SSSR count). The summed E-state index contributed by atoms with van der Waals surface area (Å²) in [4.78, 5) is 0. The van der Waals surface area contributed by atoms with Crippen LogP contribution in [-0.2, 0) is 0 Å². The van der Waals surface area contributed by atoms with E-state index in [1.54, 1.807) is 18.2 Å². The number of benzene rings is 1. The molecule has 2 atom stereocenters. The average Bonchev–Trinajstić information content (AvgIpc) is 2.20. The normalized spacial score (nSPS) is 15.1. The van der Waals surface area contributed by atoms with Crippen LogP contribution >= 0.6 is 0 Å². The van der Waals surface area contributed by atoms with Crippen molar-refractivity contribution in [1.29, 1.82) is 0 Å². The highest BCUT2D eigenvalue weighted by Gasteiger charge is 2.16. The molecule has 0 saturated heterocycles. The van der Waals surface area contributed by atoms with Crippen molar-refractivity contribution in [2.45, 2.75) is 19.1 Å². The fourth-order valence-corrected chi connectivity index (χ4v) is 1.19. The van der Waals surface area contributed by atoms with Crippen molar-refractivity contribution in [1.82, 2.24) is 0 Å². The number of nitrogen functional groups attached to an aromatic ring is 1. The Kier molecular flexibility index (Phi) is 3.46. The molecule has 0 fully saturated rings. The molecular formula is C10H16N2O2. The Morgan fingerprint density at radius 2 is 2.00 bits per heavy atom. The van der Waals surface area contributed by atoms with Crippen molar-refractivity contribution in [2.75, 3.05) is 12.3 Å². The van der Waals surface area contributed by atoms with Gasteiger partial charge in [-0.1, -0.05) is 12.1 Å². The first kappa shape index (κ1) is 11.0. The third-order valence-corrected chi connectivity index (χ3v) is 2.25. The Balaban J connectivity index is 2.91. The van der Waals surface area contributed by atoms with E-state index >= 15 is 0 Å². The fourth-order valence-electron chi connectivity index (χ4n) is 1.19. The molecule has 4 nitrogen and oxygen atoms in total. The highest BCUT2D eigenvalue weighted by atomic mass is 16.3. The highest BCUT2D eigenvalue weighted by Crippen LogP contribution is 2.21. The third kappa shape index (κ3) is 2.23. The Morgan fingerprint density at radius 1 is 1.36 bits per heavy atom. The van der Waals surface area contributed by atoms with Crippen molar-refractivity contribution in [2.24, 2.45) is 5.73 Å². The maximum absolute atomic E-state index is 9.62. The van der Waals surface area contributed by atoms with Gasteiger partial charge in [-0.05, 0) is 24.1 Å². The maximum atomic E-state index is 9.62. The van der Waals surface area contributed by atoms with Gasteiger partial charge in [0.15, 0.2) is 0 Å². The minimum absolute atomic E-state index is 0.0228. The van der Waals surface area contributed by atoms with Crippen LogP contribution in [0.2, 0.25) is 0 Å². The molecule has 0 heterocycles. The van der Waals surface area contributed by atoms with Crippen molar-refractivity contribution < 1.29 is 10.2 Å². The Bertz CT molecular complexity index is 315. The number of aliphatic hydroxyl groups excluding tert-OH is 2. The van der Waals surface area contributed by atoms with Crippen molar-refractivity contribution >= 4 is 5.69 Å². The summed E-state index contributed by atoms with van der Waals surface area (Å²) < 4.78 is 0. The molecule has 0 aliphatic heterocycles. The molecular weight excluding hydrogens is 180 g/mol. The summed E-state index contributed by atoms with van der Waals surface area (Å²) in [6, 6.07) is 5.19. The molecule has 1 aromatic rings. The van der Waals surface area contributed by atoms with Crippen molar-refractivity contribution in [3.8, 4) is 0 Å². The van der Waals surface area contributed by atoms with Gasteiger partial charge in [0.05, 0.1) is 6.10 Å². The minimum Gasteiger partial charge on any atom is -0.399 e. The zero-order valence-electron chi connectivity index (χ0n) is 8.14. The topological polar surface area (TPSA) is 92.5 Å². The molecule has 0 saturated carbocycles. The summed E-state index contributed by atoms with van der Waals surface area (Å²) in [5.74, 6) is 0. The van der Waals surface area contributed by atoms with Crippen LogP contribution in [0.4, 0.5) is 5.69 Å². The van der Waals surface area contributed by atoms with Gasteiger partial charge in [0.25, 0.3) is 0 Å². The lowest BCUT2D eigenvalue weighted by Crippen LogP contribution is -2.27. The van der Waals surface area contributed by atoms with Gasteiger partial charge >= 0.3 is 0 Å². The summed E-state index contributed by atoms with van der Waals surface area (Å²) in [6.45, 7) is 1.90. The smallest absolute Gasteiger partial charge is 0.106 e. The second-order valence-corrected chi connectivity index (χ2v) is 3.36. The van der Waals surface area contributed by atoms with Crippen LogP contribution in [0.1, 0.15) is 17.2 Å². The number of hydrogen-bond acceptors (Lipinski definition) is 4. The van der Waals surface area contributed by atoms with Crippen molar-refractivity contribution in [3.05, 3.63) is 29.3 Å². The number of nitrogens with two attached hydrogens (primary N) is 2. The predicted molar refractivity (Wildman–Crippen MR) is 55.6 cm³/mol.